The van der Waals surface area contributed by atoms with E-state index in [1.165, 1.54) is 0 Å². The SMILES string of the molecule is Cn1ccc(CN2C(=O)C(C)(C)NC(=O)C23CCCC3)n1. The van der Waals surface area contributed by atoms with Crippen LogP contribution >= 0.6 is 0 Å². The van der Waals surface area contributed by atoms with Crippen LogP contribution in [0, 0.1) is 0 Å². The second kappa shape index (κ2) is 4.58. The second-order valence-corrected chi connectivity index (χ2v) is 6.69. The summed E-state index contributed by atoms with van der Waals surface area (Å²) in [6.45, 7) is 3.93. The van der Waals surface area contributed by atoms with Gasteiger partial charge in [0, 0.05) is 13.2 Å². The molecule has 6 nitrogen and oxygen atoms in total. The van der Waals surface area contributed by atoms with Crippen LogP contribution in [0.5, 0.6) is 0 Å². The maximum absolute atomic E-state index is 12.8. The number of nitrogens with zero attached hydrogens (tertiary/aromatic N) is 3. The summed E-state index contributed by atoms with van der Waals surface area (Å²) < 4.78 is 1.72. The van der Waals surface area contributed by atoms with E-state index >= 15 is 0 Å². The Morgan fingerprint density at radius 3 is 2.52 bits per heavy atom. The zero-order valence-electron chi connectivity index (χ0n) is 12.8. The van der Waals surface area contributed by atoms with E-state index in [0.29, 0.717) is 6.54 Å². The van der Waals surface area contributed by atoms with E-state index in [0.717, 1.165) is 31.4 Å². The second-order valence-electron chi connectivity index (χ2n) is 6.69. The summed E-state index contributed by atoms with van der Waals surface area (Å²) in [5.41, 5.74) is -0.702. The van der Waals surface area contributed by atoms with Crippen LogP contribution in [0.4, 0.5) is 0 Å². The summed E-state index contributed by atoms with van der Waals surface area (Å²) >= 11 is 0. The van der Waals surface area contributed by atoms with Gasteiger partial charge in [-0.1, -0.05) is 12.8 Å². The Balaban J connectivity index is 1.98. The lowest BCUT2D eigenvalue weighted by molar-refractivity contribution is -0.162. The van der Waals surface area contributed by atoms with Crippen LogP contribution in [0.1, 0.15) is 45.2 Å². The topological polar surface area (TPSA) is 67.2 Å². The number of carbonyl (C=O) groups is 2. The van der Waals surface area contributed by atoms with Crippen LogP contribution in [-0.4, -0.2) is 37.6 Å². The molecular weight excluding hydrogens is 268 g/mol. The van der Waals surface area contributed by atoms with E-state index in [4.69, 9.17) is 0 Å². The molecule has 1 spiro atoms. The van der Waals surface area contributed by atoms with Gasteiger partial charge in [-0.25, -0.2) is 0 Å². The molecule has 21 heavy (non-hydrogen) atoms. The summed E-state index contributed by atoms with van der Waals surface area (Å²) in [7, 11) is 1.85. The Bertz CT molecular complexity index is 584. The molecule has 1 saturated heterocycles. The Morgan fingerprint density at radius 1 is 1.29 bits per heavy atom. The van der Waals surface area contributed by atoms with Crippen molar-refractivity contribution in [3.8, 4) is 0 Å². The van der Waals surface area contributed by atoms with Crippen LogP contribution in [-0.2, 0) is 23.2 Å². The molecule has 1 aromatic heterocycles. The average Bonchev–Trinajstić information content (AvgIpc) is 3.03. The quantitative estimate of drug-likeness (QED) is 0.882. The Kier molecular flexibility index (Phi) is 3.07. The van der Waals surface area contributed by atoms with Crippen molar-refractivity contribution in [1.29, 1.82) is 0 Å². The first-order valence-electron chi connectivity index (χ1n) is 7.48. The number of rotatable bonds is 2. The maximum atomic E-state index is 12.8. The number of hydrogen-bond donors (Lipinski definition) is 1. The van der Waals surface area contributed by atoms with E-state index in [1.54, 1.807) is 23.4 Å². The smallest absolute Gasteiger partial charge is 0.249 e. The molecule has 1 aliphatic heterocycles. The molecule has 0 bridgehead atoms. The van der Waals surface area contributed by atoms with Crippen LogP contribution in [0.2, 0.25) is 0 Å². The number of aryl methyl sites for hydroxylation is 1. The summed E-state index contributed by atoms with van der Waals surface area (Å²) in [4.78, 5) is 27.3. The first-order chi connectivity index (χ1) is 9.85. The Morgan fingerprint density at radius 2 is 1.95 bits per heavy atom. The highest BCUT2D eigenvalue weighted by molar-refractivity contribution is 6.02. The van der Waals surface area contributed by atoms with E-state index in [1.807, 2.05) is 19.3 Å². The molecule has 0 radical (unpaired) electrons. The summed E-state index contributed by atoms with van der Waals surface area (Å²) in [6, 6.07) is 1.90. The zero-order chi connectivity index (χ0) is 15.3. The number of piperazine rings is 1. The third-order valence-electron chi connectivity index (χ3n) is 4.66. The molecular formula is C15H22N4O2. The molecule has 2 heterocycles. The highest BCUT2D eigenvalue weighted by Gasteiger charge is 2.56. The van der Waals surface area contributed by atoms with Gasteiger partial charge in [0.15, 0.2) is 0 Å². The van der Waals surface area contributed by atoms with E-state index in [-0.39, 0.29) is 11.8 Å². The fourth-order valence-electron chi connectivity index (χ4n) is 3.50. The molecule has 1 N–H and O–H groups in total. The molecule has 1 saturated carbocycles. The molecule has 0 unspecified atom stereocenters. The maximum Gasteiger partial charge on any atom is 0.249 e. The summed E-state index contributed by atoms with van der Waals surface area (Å²) in [5.74, 6) is -0.0322. The van der Waals surface area contributed by atoms with Gasteiger partial charge in [0.2, 0.25) is 11.8 Å². The molecule has 3 rings (SSSR count). The van der Waals surface area contributed by atoms with Crippen molar-refractivity contribution in [3.05, 3.63) is 18.0 Å². The number of hydrogen-bond acceptors (Lipinski definition) is 3. The van der Waals surface area contributed by atoms with Gasteiger partial charge in [0.25, 0.3) is 0 Å². The minimum Gasteiger partial charge on any atom is -0.340 e. The van der Waals surface area contributed by atoms with Crippen molar-refractivity contribution in [2.45, 2.75) is 57.2 Å². The zero-order valence-corrected chi connectivity index (χ0v) is 12.8. The molecule has 6 heteroatoms. The number of amides is 2. The molecule has 2 fully saturated rings. The third-order valence-corrected chi connectivity index (χ3v) is 4.66. The van der Waals surface area contributed by atoms with Gasteiger partial charge in [-0.2, -0.15) is 5.10 Å². The summed E-state index contributed by atoms with van der Waals surface area (Å²) in [6.07, 6.45) is 5.32. The standard InChI is InChI=1S/C15H22N4O2/c1-14(2)13(21)19(10-11-6-9-18(3)17-11)15(12(20)16-14)7-4-5-8-15/h6,9H,4-5,7-8,10H2,1-3H3,(H,16,20). The monoisotopic (exact) mass is 290 g/mol. The van der Waals surface area contributed by atoms with Crippen LogP contribution in [0.25, 0.3) is 0 Å². The molecule has 2 aliphatic rings. The third kappa shape index (κ3) is 2.13. The van der Waals surface area contributed by atoms with E-state index in [9.17, 15) is 9.59 Å². The lowest BCUT2D eigenvalue weighted by Crippen LogP contribution is -2.73. The number of aromatic nitrogens is 2. The number of carbonyl (C=O) groups excluding carboxylic acids is 2. The van der Waals surface area contributed by atoms with Gasteiger partial charge in [0.05, 0.1) is 12.2 Å². The van der Waals surface area contributed by atoms with E-state index < -0.39 is 11.1 Å². The molecule has 114 valence electrons. The average molecular weight is 290 g/mol. The van der Waals surface area contributed by atoms with Crippen molar-refractivity contribution in [2.24, 2.45) is 7.05 Å². The van der Waals surface area contributed by atoms with Crippen molar-refractivity contribution in [2.75, 3.05) is 0 Å². The predicted molar refractivity (Wildman–Crippen MR) is 77.2 cm³/mol. The normalized spacial score (nSPS) is 23.7. The van der Waals surface area contributed by atoms with Crippen molar-refractivity contribution < 1.29 is 9.59 Å². The minimum atomic E-state index is -0.848. The number of nitrogens with one attached hydrogen (secondary N) is 1. The van der Waals surface area contributed by atoms with Crippen molar-refractivity contribution >= 4 is 11.8 Å². The van der Waals surface area contributed by atoms with Gasteiger partial charge in [0.1, 0.15) is 11.1 Å². The molecule has 1 aromatic rings. The van der Waals surface area contributed by atoms with Crippen molar-refractivity contribution in [3.63, 3.8) is 0 Å². The minimum absolute atomic E-state index is 0.0134. The predicted octanol–water partition coefficient (Wildman–Crippen LogP) is 0.970. The lowest BCUT2D eigenvalue weighted by atomic mass is 9.85. The lowest BCUT2D eigenvalue weighted by Gasteiger charge is -2.49. The highest BCUT2D eigenvalue weighted by atomic mass is 16.2. The summed E-state index contributed by atoms with van der Waals surface area (Å²) in [5, 5.41) is 7.26. The van der Waals surface area contributed by atoms with Gasteiger partial charge < -0.3 is 10.2 Å². The largest absolute Gasteiger partial charge is 0.340 e. The first kappa shape index (κ1) is 14.1. The molecule has 1 aliphatic carbocycles. The first-order valence-corrected chi connectivity index (χ1v) is 7.48. The van der Waals surface area contributed by atoms with E-state index in [2.05, 4.69) is 10.4 Å². The van der Waals surface area contributed by atoms with Crippen LogP contribution < -0.4 is 5.32 Å². The van der Waals surface area contributed by atoms with Crippen LogP contribution in [0.15, 0.2) is 12.3 Å². The highest BCUT2D eigenvalue weighted by Crippen LogP contribution is 2.40. The Hall–Kier alpha value is -1.85. The fraction of sp³-hybridized carbons (Fsp3) is 0.667. The molecule has 0 atom stereocenters. The van der Waals surface area contributed by atoms with Gasteiger partial charge in [-0.3, -0.25) is 14.3 Å². The molecule has 2 amide bonds. The van der Waals surface area contributed by atoms with Gasteiger partial charge in [-0.05, 0) is 32.8 Å². The van der Waals surface area contributed by atoms with Crippen LogP contribution in [0.3, 0.4) is 0 Å². The molecule has 0 aromatic carbocycles. The van der Waals surface area contributed by atoms with Crippen molar-refractivity contribution in [1.82, 2.24) is 20.0 Å². The fourth-order valence-corrected chi connectivity index (χ4v) is 3.50. The van der Waals surface area contributed by atoms with Gasteiger partial charge >= 0.3 is 0 Å². The van der Waals surface area contributed by atoms with Gasteiger partial charge in [-0.15, -0.1) is 0 Å². The Labute approximate surface area is 124 Å².